The number of hydrogen-bond donors (Lipinski definition) is 2. The predicted octanol–water partition coefficient (Wildman–Crippen LogP) is 2.98. The topological polar surface area (TPSA) is 72.7 Å². The summed E-state index contributed by atoms with van der Waals surface area (Å²) in [5, 5.41) is 11.2. The third-order valence-electron chi connectivity index (χ3n) is 4.59. The second-order valence-corrected chi connectivity index (χ2v) is 7.16. The maximum Gasteiger partial charge on any atom is 0.191 e. The fourth-order valence-corrected chi connectivity index (χ4v) is 3.06. The van der Waals surface area contributed by atoms with Gasteiger partial charge in [-0.15, -0.1) is 0 Å². The van der Waals surface area contributed by atoms with Gasteiger partial charge in [0.05, 0.1) is 12.3 Å². The van der Waals surface area contributed by atoms with Crippen molar-refractivity contribution >= 4 is 5.96 Å². The molecule has 0 aliphatic carbocycles. The van der Waals surface area contributed by atoms with Crippen molar-refractivity contribution in [1.82, 2.24) is 20.4 Å². The van der Waals surface area contributed by atoms with Crippen molar-refractivity contribution in [3.8, 4) is 5.75 Å². The number of hydrogen-bond acceptors (Lipinski definition) is 4. The summed E-state index contributed by atoms with van der Waals surface area (Å²) in [6.45, 7) is 9.89. The molecule has 2 rings (SSSR count). The summed E-state index contributed by atoms with van der Waals surface area (Å²) in [6, 6.07) is 8.38. The molecule has 1 aromatic heterocycles. The summed E-state index contributed by atoms with van der Waals surface area (Å²) in [7, 11) is 3.49. The minimum absolute atomic E-state index is 0.642. The van der Waals surface area contributed by atoms with Gasteiger partial charge in [-0.3, -0.25) is 9.67 Å². The summed E-state index contributed by atoms with van der Waals surface area (Å²) in [5.41, 5.74) is 4.55. The van der Waals surface area contributed by atoms with E-state index < -0.39 is 0 Å². The normalized spacial score (nSPS) is 11.6. The smallest absolute Gasteiger partial charge is 0.191 e. The predicted molar refractivity (Wildman–Crippen MR) is 118 cm³/mol. The lowest BCUT2D eigenvalue weighted by Crippen LogP contribution is -2.37. The molecule has 0 spiro atoms. The van der Waals surface area contributed by atoms with Gasteiger partial charge >= 0.3 is 0 Å². The molecule has 1 aromatic carbocycles. The van der Waals surface area contributed by atoms with Gasteiger partial charge in [0, 0.05) is 58.1 Å². The van der Waals surface area contributed by atoms with Crippen molar-refractivity contribution in [3.63, 3.8) is 0 Å². The van der Waals surface area contributed by atoms with Crippen LogP contribution in [0.1, 0.15) is 35.4 Å². The average Bonchev–Trinajstić information content (AvgIpc) is 3.02. The van der Waals surface area contributed by atoms with Crippen molar-refractivity contribution in [2.75, 3.05) is 33.9 Å². The third-order valence-corrected chi connectivity index (χ3v) is 4.59. The number of guanidine groups is 1. The SMILES string of the molecule is CN=C(NCCCn1nc(C)cc1C)NCc1ccc(C)cc1OCCCOC. The Labute approximate surface area is 174 Å². The van der Waals surface area contributed by atoms with Gasteiger partial charge in [0.25, 0.3) is 0 Å². The number of aliphatic imine (C=N–C) groups is 1. The van der Waals surface area contributed by atoms with E-state index in [1.165, 1.54) is 11.3 Å². The van der Waals surface area contributed by atoms with Crippen LogP contribution < -0.4 is 15.4 Å². The first kappa shape index (κ1) is 22.7. The lowest BCUT2D eigenvalue weighted by molar-refractivity contribution is 0.171. The van der Waals surface area contributed by atoms with Gasteiger partial charge in [0.2, 0.25) is 0 Å². The van der Waals surface area contributed by atoms with Crippen LogP contribution in [0, 0.1) is 20.8 Å². The lowest BCUT2D eigenvalue weighted by Gasteiger charge is -2.15. The Kier molecular flexibility index (Phi) is 9.50. The van der Waals surface area contributed by atoms with E-state index in [0.717, 1.165) is 48.9 Å². The van der Waals surface area contributed by atoms with Crippen LogP contribution in [0.25, 0.3) is 0 Å². The molecule has 0 saturated carbocycles. The number of benzene rings is 1. The van der Waals surface area contributed by atoms with Crippen molar-refractivity contribution in [2.45, 2.75) is 46.7 Å². The van der Waals surface area contributed by atoms with Crippen LogP contribution in [0.15, 0.2) is 29.3 Å². The molecule has 29 heavy (non-hydrogen) atoms. The first-order valence-electron chi connectivity index (χ1n) is 10.2. The summed E-state index contributed by atoms with van der Waals surface area (Å²) in [5.74, 6) is 1.69. The number of aromatic nitrogens is 2. The average molecular weight is 402 g/mol. The van der Waals surface area contributed by atoms with Gasteiger partial charge in [0.1, 0.15) is 5.75 Å². The van der Waals surface area contributed by atoms with Crippen LogP contribution >= 0.6 is 0 Å². The zero-order valence-corrected chi connectivity index (χ0v) is 18.4. The van der Waals surface area contributed by atoms with Gasteiger partial charge in [-0.05, 0) is 44.9 Å². The summed E-state index contributed by atoms with van der Waals surface area (Å²) < 4.78 is 13.1. The van der Waals surface area contributed by atoms with Gasteiger partial charge < -0.3 is 20.1 Å². The molecule has 1 heterocycles. The first-order valence-corrected chi connectivity index (χ1v) is 10.2. The summed E-state index contributed by atoms with van der Waals surface area (Å²) in [4.78, 5) is 4.32. The van der Waals surface area contributed by atoms with E-state index in [9.17, 15) is 0 Å². The molecule has 0 aliphatic heterocycles. The number of rotatable bonds is 11. The van der Waals surface area contributed by atoms with Gasteiger partial charge in [-0.2, -0.15) is 5.10 Å². The van der Waals surface area contributed by atoms with Gasteiger partial charge in [-0.1, -0.05) is 12.1 Å². The molecule has 0 radical (unpaired) electrons. The van der Waals surface area contributed by atoms with Crippen LogP contribution in [0.5, 0.6) is 5.75 Å². The zero-order valence-electron chi connectivity index (χ0n) is 18.4. The second kappa shape index (κ2) is 12.1. The van der Waals surface area contributed by atoms with E-state index in [-0.39, 0.29) is 0 Å². The van der Waals surface area contributed by atoms with E-state index in [2.05, 4.69) is 58.8 Å². The molecule has 2 N–H and O–H groups in total. The molecule has 0 fully saturated rings. The molecule has 0 unspecified atom stereocenters. The van der Waals surface area contributed by atoms with Crippen LogP contribution in [-0.4, -0.2) is 49.7 Å². The highest BCUT2D eigenvalue weighted by atomic mass is 16.5. The summed E-state index contributed by atoms with van der Waals surface area (Å²) in [6.07, 6.45) is 1.84. The highest BCUT2D eigenvalue weighted by molar-refractivity contribution is 5.79. The quantitative estimate of drug-likeness (QED) is 0.344. The zero-order chi connectivity index (χ0) is 21.1. The summed E-state index contributed by atoms with van der Waals surface area (Å²) >= 11 is 0. The Hall–Kier alpha value is -2.54. The second-order valence-electron chi connectivity index (χ2n) is 7.16. The van der Waals surface area contributed by atoms with Crippen LogP contribution in [0.4, 0.5) is 0 Å². The van der Waals surface area contributed by atoms with E-state index >= 15 is 0 Å². The first-order chi connectivity index (χ1) is 14.0. The standard InChI is InChI=1S/C22H35N5O2/c1-17-8-9-20(21(14-17)29-13-7-12-28-5)16-25-22(23-4)24-10-6-11-27-19(3)15-18(2)26-27/h8-9,14-15H,6-7,10-13,16H2,1-5H3,(H2,23,24,25). The van der Waals surface area contributed by atoms with Crippen molar-refractivity contribution < 1.29 is 9.47 Å². The number of methoxy groups -OCH3 is 1. The Morgan fingerprint density at radius 2 is 1.93 bits per heavy atom. The molecule has 0 atom stereocenters. The maximum atomic E-state index is 5.96. The largest absolute Gasteiger partial charge is 0.493 e. The number of aryl methyl sites for hydroxylation is 4. The molecule has 0 bridgehead atoms. The monoisotopic (exact) mass is 401 g/mol. The molecular formula is C22H35N5O2. The fraction of sp³-hybridized carbons (Fsp3) is 0.545. The van der Waals surface area contributed by atoms with Crippen LogP contribution in [-0.2, 0) is 17.8 Å². The Balaban J connectivity index is 1.80. The molecule has 0 amide bonds. The number of nitrogens with zero attached hydrogens (tertiary/aromatic N) is 3. The fourth-order valence-electron chi connectivity index (χ4n) is 3.06. The molecule has 0 aliphatic rings. The van der Waals surface area contributed by atoms with Gasteiger partial charge in [0.15, 0.2) is 5.96 Å². The van der Waals surface area contributed by atoms with Crippen molar-refractivity contribution in [2.24, 2.45) is 4.99 Å². The highest BCUT2D eigenvalue weighted by Crippen LogP contribution is 2.20. The van der Waals surface area contributed by atoms with Crippen molar-refractivity contribution in [3.05, 3.63) is 46.8 Å². The van der Waals surface area contributed by atoms with Crippen LogP contribution in [0.2, 0.25) is 0 Å². The van der Waals surface area contributed by atoms with E-state index in [4.69, 9.17) is 9.47 Å². The van der Waals surface area contributed by atoms with Gasteiger partial charge in [-0.25, -0.2) is 0 Å². The molecule has 7 heteroatoms. The van der Waals surface area contributed by atoms with E-state index in [1.54, 1.807) is 14.2 Å². The van der Waals surface area contributed by atoms with E-state index in [1.807, 2.05) is 11.6 Å². The Morgan fingerprint density at radius 1 is 1.10 bits per heavy atom. The Morgan fingerprint density at radius 3 is 2.62 bits per heavy atom. The lowest BCUT2D eigenvalue weighted by atomic mass is 10.1. The Bertz CT molecular complexity index is 786. The molecule has 0 saturated heterocycles. The molecule has 160 valence electrons. The number of nitrogens with one attached hydrogen (secondary N) is 2. The maximum absolute atomic E-state index is 5.96. The minimum atomic E-state index is 0.642. The van der Waals surface area contributed by atoms with Crippen molar-refractivity contribution in [1.29, 1.82) is 0 Å². The van der Waals surface area contributed by atoms with Crippen LogP contribution in [0.3, 0.4) is 0 Å². The third kappa shape index (κ3) is 7.77. The molecule has 2 aromatic rings. The van der Waals surface area contributed by atoms with E-state index in [0.29, 0.717) is 19.8 Å². The highest BCUT2D eigenvalue weighted by Gasteiger charge is 2.06. The molecular weight excluding hydrogens is 366 g/mol. The number of ether oxygens (including phenoxy) is 2. The minimum Gasteiger partial charge on any atom is -0.493 e. The molecule has 7 nitrogen and oxygen atoms in total.